The van der Waals surface area contributed by atoms with Crippen molar-refractivity contribution in [3.05, 3.63) is 29.8 Å². The van der Waals surface area contributed by atoms with Gasteiger partial charge in [-0.15, -0.1) is 0 Å². The van der Waals surface area contributed by atoms with Gasteiger partial charge in [-0.1, -0.05) is 44.2 Å². The number of hydrazone groups is 1. The van der Waals surface area contributed by atoms with E-state index in [-0.39, 0.29) is 17.1 Å². The third-order valence-electron chi connectivity index (χ3n) is 6.84. The molecule has 2 aliphatic carbocycles. The Bertz CT molecular complexity index is 818. The minimum absolute atomic E-state index is 0.155. The van der Waals surface area contributed by atoms with Crippen molar-refractivity contribution in [1.29, 1.82) is 0 Å². The molecule has 8 heteroatoms. The molecule has 170 valence electrons. The van der Waals surface area contributed by atoms with Crippen molar-refractivity contribution in [1.82, 2.24) is 5.01 Å². The van der Waals surface area contributed by atoms with Crippen LogP contribution in [0.25, 0.3) is 0 Å². The first-order valence-electron chi connectivity index (χ1n) is 11.2. The number of fused-ring (bicyclic) bond motifs is 1. The van der Waals surface area contributed by atoms with Gasteiger partial charge in [0.25, 0.3) is 11.6 Å². The molecule has 4 rings (SSSR count). The number of carbonyl (C=O) groups excluding carboxylic acids is 1. The number of hydrogen-bond donors (Lipinski definition) is 1. The van der Waals surface area contributed by atoms with Crippen LogP contribution in [0.2, 0.25) is 0 Å². The van der Waals surface area contributed by atoms with Crippen LogP contribution >= 0.6 is 0 Å². The summed E-state index contributed by atoms with van der Waals surface area (Å²) >= 11 is 0. The number of halogens is 3. The van der Waals surface area contributed by atoms with Crippen LogP contribution < -0.4 is 4.74 Å². The van der Waals surface area contributed by atoms with E-state index >= 15 is 0 Å². The summed E-state index contributed by atoms with van der Waals surface area (Å²) in [5, 5.41) is 14.8. The van der Waals surface area contributed by atoms with Gasteiger partial charge in [-0.2, -0.15) is 23.3 Å². The number of carbonyl (C=O) groups is 1. The third kappa shape index (κ3) is 4.31. The molecule has 0 radical (unpaired) electrons. The molecule has 0 bridgehead atoms. The van der Waals surface area contributed by atoms with E-state index in [1.165, 1.54) is 24.8 Å². The van der Waals surface area contributed by atoms with E-state index in [1.54, 1.807) is 12.1 Å². The van der Waals surface area contributed by atoms with Gasteiger partial charge >= 0.3 is 6.18 Å². The van der Waals surface area contributed by atoms with Gasteiger partial charge < -0.3 is 9.84 Å². The molecule has 2 atom stereocenters. The fourth-order valence-corrected chi connectivity index (χ4v) is 5.12. The van der Waals surface area contributed by atoms with Crippen LogP contribution in [-0.2, 0) is 4.79 Å². The highest BCUT2D eigenvalue weighted by atomic mass is 19.4. The van der Waals surface area contributed by atoms with E-state index in [4.69, 9.17) is 4.74 Å². The summed E-state index contributed by atoms with van der Waals surface area (Å²) in [6.07, 6.45) is 3.59. The predicted molar refractivity (Wildman–Crippen MR) is 110 cm³/mol. The molecule has 0 spiro atoms. The topological polar surface area (TPSA) is 62.1 Å². The first kappa shape index (κ1) is 22.1. The monoisotopic (exact) mass is 438 g/mol. The van der Waals surface area contributed by atoms with E-state index in [2.05, 4.69) is 5.10 Å². The molecule has 1 N–H and O–H groups in total. The van der Waals surface area contributed by atoms with Gasteiger partial charge in [0, 0.05) is 5.71 Å². The van der Waals surface area contributed by atoms with Crippen molar-refractivity contribution in [2.75, 3.05) is 6.61 Å². The molecule has 0 aromatic heterocycles. The smallest absolute Gasteiger partial charge is 0.439 e. The Morgan fingerprint density at radius 2 is 1.71 bits per heavy atom. The Morgan fingerprint density at radius 1 is 1.06 bits per heavy atom. The van der Waals surface area contributed by atoms with Gasteiger partial charge in [-0.05, 0) is 55.7 Å². The van der Waals surface area contributed by atoms with Crippen molar-refractivity contribution < 1.29 is 27.8 Å². The third-order valence-corrected chi connectivity index (χ3v) is 6.84. The number of benzene rings is 1. The number of aliphatic hydroxyl groups is 1. The number of ether oxygens (including phenoxy) is 1. The van der Waals surface area contributed by atoms with Gasteiger partial charge in [0.05, 0.1) is 5.92 Å². The first-order chi connectivity index (χ1) is 14.8. The molecular formula is C23H29F3N2O3. The molecule has 1 amide bonds. The van der Waals surface area contributed by atoms with Crippen molar-refractivity contribution >= 4 is 11.6 Å². The molecule has 1 aromatic carbocycles. The molecule has 5 nitrogen and oxygen atoms in total. The summed E-state index contributed by atoms with van der Waals surface area (Å²) in [4.78, 5) is 12.7. The quantitative estimate of drug-likeness (QED) is 0.708. The second-order valence-corrected chi connectivity index (χ2v) is 8.87. The molecule has 2 fully saturated rings. The summed E-state index contributed by atoms with van der Waals surface area (Å²) in [6, 6.07) is 7.39. The SMILES string of the molecule is O=C(COc1ccc(C2CCCCC2)cc1)N1N=C2CCCCC[C@@H]2[C@@]1(O)C(F)(F)F. The lowest BCUT2D eigenvalue weighted by Gasteiger charge is -2.37. The maximum Gasteiger partial charge on any atom is 0.439 e. The molecule has 1 aliphatic heterocycles. The van der Waals surface area contributed by atoms with Crippen LogP contribution in [0.3, 0.4) is 0 Å². The van der Waals surface area contributed by atoms with E-state index in [0.29, 0.717) is 30.9 Å². The Morgan fingerprint density at radius 3 is 2.39 bits per heavy atom. The Kier molecular flexibility index (Phi) is 6.28. The normalized spacial score (nSPS) is 27.4. The van der Waals surface area contributed by atoms with Crippen LogP contribution in [0.15, 0.2) is 29.4 Å². The van der Waals surface area contributed by atoms with Crippen LogP contribution in [0.1, 0.15) is 75.7 Å². The Hall–Kier alpha value is -2.09. The Balaban J connectivity index is 1.44. The van der Waals surface area contributed by atoms with Crippen molar-refractivity contribution in [3.63, 3.8) is 0 Å². The molecule has 0 unspecified atom stereocenters. The highest BCUT2D eigenvalue weighted by molar-refractivity contribution is 5.93. The lowest BCUT2D eigenvalue weighted by Crippen LogP contribution is -2.61. The summed E-state index contributed by atoms with van der Waals surface area (Å²) in [7, 11) is 0. The highest BCUT2D eigenvalue weighted by Gasteiger charge is 2.68. The van der Waals surface area contributed by atoms with E-state index in [9.17, 15) is 23.1 Å². The summed E-state index contributed by atoms with van der Waals surface area (Å²) in [6.45, 7) is -0.620. The van der Waals surface area contributed by atoms with Crippen LogP contribution in [0, 0.1) is 5.92 Å². The van der Waals surface area contributed by atoms with Crippen LogP contribution in [0.5, 0.6) is 5.75 Å². The van der Waals surface area contributed by atoms with Crippen molar-refractivity contribution in [3.8, 4) is 5.75 Å². The molecule has 31 heavy (non-hydrogen) atoms. The predicted octanol–water partition coefficient (Wildman–Crippen LogP) is 5.14. The molecule has 1 aromatic rings. The number of rotatable bonds is 4. The lowest BCUT2D eigenvalue weighted by atomic mass is 9.84. The fourth-order valence-electron chi connectivity index (χ4n) is 5.12. The fraction of sp³-hybridized carbons (Fsp3) is 0.652. The van der Waals surface area contributed by atoms with Crippen LogP contribution in [0.4, 0.5) is 13.2 Å². The summed E-state index contributed by atoms with van der Waals surface area (Å²) < 4.78 is 47.1. The first-order valence-corrected chi connectivity index (χ1v) is 11.2. The molecule has 1 heterocycles. The lowest BCUT2D eigenvalue weighted by molar-refractivity contribution is -0.317. The zero-order valence-electron chi connectivity index (χ0n) is 17.5. The zero-order valence-corrected chi connectivity index (χ0v) is 17.5. The van der Waals surface area contributed by atoms with Gasteiger partial charge in [-0.3, -0.25) is 4.79 Å². The van der Waals surface area contributed by atoms with Gasteiger partial charge in [-0.25, -0.2) is 0 Å². The second kappa shape index (κ2) is 8.81. The molecule has 0 saturated heterocycles. The number of amides is 1. The maximum atomic E-state index is 13.9. The van der Waals surface area contributed by atoms with Gasteiger partial charge in [0.2, 0.25) is 0 Å². The molecular weight excluding hydrogens is 409 g/mol. The highest BCUT2D eigenvalue weighted by Crippen LogP contribution is 2.47. The zero-order chi connectivity index (χ0) is 22.1. The average Bonchev–Trinajstić information content (AvgIpc) is 2.91. The van der Waals surface area contributed by atoms with E-state index in [1.807, 2.05) is 12.1 Å². The second-order valence-electron chi connectivity index (χ2n) is 8.87. The summed E-state index contributed by atoms with van der Waals surface area (Å²) in [5.74, 6) is -1.28. The summed E-state index contributed by atoms with van der Waals surface area (Å²) in [5.41, 5.74) is -1.84. The number of alkyl halides is 3. The minimum atomic E-state index is -5.01. The van der Waals surface area contributed by atoms with Crippen molar-refractivity contribution in [2.45, 2.75) is 82.0 Å². The van der Waals surface area contributed by atoms with Gasteiger partial charge in [0.1, 0.15) is 5.75 Å². The number of nitrogens with zero attached hydrogens (tertiary/aromatic N) is 2. The molecule has 3 aliphatic rings. The van der Waals surface area contributed by atoms with Crippen LogP contribution in [-0.4, -0.2) is 40.2 Å². The standard InChI is InChI=1S/C23H29F3N2O3/c24-23(25,26)22(30)19-9-5-2-6-10-20(19)27-28(22)21(29)15-31-18-13-11-17(12-14-18)16-7-3-1-4-8-16/h11-14,16,19,30H,1-10,15H2/t19-,22+/m0/s1. The van der Waals surface area contributed by atoms with Crippen molar-refractivity contribution in [2.24, 2.45) is 11.0 Å². The largest absolute Gasteiger partial charge is 0.484 e. The van der Waals surface area contributed by atoms with Gasteiger partial charge in [0.15, 0.2) is 6.61 Å². The van der Waals surface area contributed by atoms with E-state index in [0.717, 1.165) is 19.3 Å². The average molecular weight is 438 g/mol. The maximum absolute atomic E-state index is 13.9. The Labute approximate surface area is 180 Å². The number of hydrogen-bond acceptors (Lipinski definition) is 4. The minimum Gasteiger partial charge on any atom is -0.484 e. The molecule has 2 saturated carbocycles. The van der Waals surface area contributed by atoms with E-state index < -0.39 is 30.3 Å².